The Morgan fingerprint density at radius 3 is 2.57 bits per heavy atom. The molecule has 0 radical (unpaired) electrons. The molecule has 0 aliphatic carbocycles. The monoisotopic (exact) mass is 415 g/mol. The molecule has 0 aliphatic heterocycles. The molecule has 1 atom stereocenters. The SMILES string of the molecule is CCOc1ccc(C(NC)c2cc(Br)ccc2F)cc1Br. The van der Waals surface area contributed by atoms with Crippen LogP contribution in [0.5, 0.6) is 5.75 Å². The summed E-state index contributed by atoms with van der Waals surface area (Å²) >= 11 is 6.88. The van der Waals surface area contributed by atoms with Gasteiger partial charge in [-0.05, 0) is 65.8 Å². The highest BCUT2D eigenvalue weighted by atomic mass is 79.9. The van der Waals surface area contributed by atoms with E-state index in [1.165, 1.54) is 6.07 Å². The normalized spacial score (nSPS) is 12.2. The van der Waals surface area contributed by atoms with E-state index in [1.807, 2.05) is 32.2 Å². The third-order valence-electron chi connectivity index (χ3n) is 3.15. The summed E-state index contributed by atoms with van der Waals surface area (Å²) in [6.45, 7) is 2.54. The van der Waals surface area contributed by atoms with Crippen molar-refractivity contribution in [3.8, 4) is 5.75 Å². The Morgan fingerprint density at radius 1 is 1.19 bits per heavy atom. The van der Waals surface area contributed by atoms with Gasteiger partial charge >= 0.3 is 0 Å². The summed E-state index contributed by atoms with van der Waals surface area (Å²) in [6.07, 6.45) is 0. The lowest BCUT2D eigenvalue weighted by Gasteiger charge is -2.19. The van der Waals surface area contributed by atoms with Crippen molar-refractivity contribution < 1.29 is 9.13 Å². The van der Waals surface area contributed by atoms with E-state index < -0.39 is 0 Å². The third kappa shape index (κ3) is 3.84. The van der Waals surface area contributed by atoms with Gasteiger partial charge < -0.3 is 10.1 Å². The van der Waals surface area contributed by atoms with Crippen molar-refractivity contribution in [1.29, 1.82) is 0 Å². The summed E-state index contributed by atoms with van der Waals surface area (Å²) in [4.78, 5) is 0. The van der Waals surface area contributed by atoms with Gasteiger partial charge in [0.2, 0.25) is 0 Å². The molecule has 0 heterocycles. The first-order valence-electron chi connectivity index (χ1n) is 6.61. The fourth-order valence-electron chi connectivity index (χ4n) is 2.21. The minimum atomic E-state index is -0.234. The van der Waals surface area contributed by atoms with Crippen molar-refractivity contribution in [2.24, 2.45) is 0 Å². The van der Waals surface area contributed by atoms with Crippen LogP contribution in [0.25, 0.3) is 0 Å². The van der Waals surface area contributed by atoms with Gasteiger partial charge in [-0.3, -0.25) is 0 Å². The van der Waals surface area contributed by atoms with Gasteiger partial charge in [-0.15, -0.1) is 0 Å². The molecule has 2 nitrogen and oxygen atoms in total. The summed E-state index contributed by atoms with van der Waals surface area (Å²) in [5.74, 6) is 0.549. The molecule has 2 aromatic carbocycles. The van der Waals surface area contributed by atoms with Crippen LogP contribution < -0.4 is 10.1 Å². The summed E-state index contributed by atoms with van der Waals surface area (Å²) in [5, 5.41) is 3.16. The molecule has 0 fully saturated rings. The second kappa shape index (κ2) is 7.38. The molecule has 0 amide bonds. The Kier molecular flexibility index (Phi) is 5.79. The molecule has 2 aromatic rings. The molecule has 0 spiro atoms. The molecule has 1 N–H and O–H groups in total. The lowest BCUT2D eigenvalue weighted by Crippen LogP contribution is -2.19. The molecule has 0 aromatic heterocycles. The molecule has 1 unspecified atom stereocenters. The van der Waals surface area contributed by atoms with Gasteiger partial charge in [0.05, 0.1) is 17.1 Å². The van der Waals surface area contributed by atoms with Crippen molar-refractivity contribution in [2.75, 3.05) is 13.7 Å². The fourth-order valence-corrected chi connectivity index (χ4v) is 3.10. The van der Waals surface area contributed by atoms with Gasteiger partial charge in [0, 0.05) is 10.0 Å². The molecule has 0 saturated carbocycles. The van der Waals surface area contributed by atoms with Crippen LogP contribution in [0.1, 0.15) is 24.1 Å². The number of ether oxygens (including phenoxy) is 1. The van der Waals surface area contributed by atoms with E-state index in [-0.39, 0.29) is 11.9 Å². The quantitative estimate of drug-likeness (QED) is 0.735. The van der Waals surface area contributed by atoms with Gasteiger partial charge in [0.1, 0.15) is 11.6 Å². The van der Waals surface area contributed by atoms with E-state index in [9.17, 15) is 4.39 Å². The highest BCUT2D eigenvalue weighted by molar-refractivity contribution is 9.10. The van der Waals surface area contributed by atoms with Crippen molar-refractivity contribution in [3.63, 3.8) is 0 Å². The standard InChI is InChI=1S/C16H16Br2FNO/c1-3-21-15-7-4-10(8-13(15)18)16(20-2)12-9-11(17)5-6-14(12)19/h4-9,16,20H,3H2,1-2H3. The number of nitrogens with one attached hydrogen (secondary N) is 1. The maximum Gasteiger partial charge on any atom is 0.133 e. The van der Waals surface area contributed by atoms with Crippen molar-refractivity contribution in [1.82, 2.24) is 5.32 Å². The van der Waals surface area contributed by atoms with Gasteiger partial charge in [-0.25, -0.2) is 4.39 Å². The fraction of sp³-hybridized carbons (Fsp3) is 0.250. The minimum Gasteiger partial charge on any atom is -0.493 e. The minimum absolute atomic E-state index is 0.227. The first-order valence-corrected chi connectivity index (χ1v) is 8.19. The average Bonchev–Trinajstić information content (AvgIpc) is 2.46. The van der Waals surface area contributed by atoms with Gasteiger partial charge in [0.15, 0.2) is 0 Å². The number of hydrogen-bond donors (Lipinski definition) is 1. The Morgan fingerprint density at radius 2 is 1.95 bits per heavy atom. The highest BCUT2D eigenvalue weighted by Gasteiger charge is 2.17. The smallest absolute Gasteiger partial charge is 0.133 e. The van der Waals surface area contributed by atoms with Gasteiger partial charge in [-0.2, -0.15) is 0 Å². The molecule has 5 heteroatoms. The molecule has 0 saturated heterocycles. The van der Waals surface area contributed by atoms with E-state index >= 15 is 0 Å². The van der Waals surface area contributed by atoms with E-state index in [2.05, 4.69) is 37.2 Å². The Balaban J connectivity index is 2.42. The first-order chi connectivity index (χ1) is 10.1. The Hall–Kier alpha value is -0.910. The van der Waals surface area contributed by atoms with Crippen LogP contribution >= 0.6 is 31.9 Å². The van der Waals surface area contributed by atoms with E-state index in [4.69, 9.17) is 4.74 Å². The molecule has 2 rings (SSSR count). The third-order valence-corrected chi connectivity index (χ3v) is 4.26. The highest BCUT2D eigenvalue weighted by Crippen LogP contribution is 2.32. The van der Waals surface area contributed by atoms with Gasteiger partial charge in [0.25, 0.3) is 0 Å². The van der Waals surface area contributed by atoms with E-state index in [0.29, 0.717) is 12.2 Å². The van der Waals surface area contributed by atoms with Crippen LogP contribution in [0, 0.1) is 5.82 Å². The zero-order valence-corrected chi connectivity index (χ0v) is 15.0. The lowest BCUT2D eigenvalue weighted by atomic mass is 9.98. The molecule has 0 bridgehead atoms. The van der Waals surface area contributed by atoms with Crippen LogP contribution in [0.2, 0.25) is 0 Å². The topological polar surface area (TPSA) is 21.3 Å². The van der Waals surface area contributed by atoms with Crippen LogP contribution in [0.4, 0.5) is 4.39 Å². The van der Waals surface area contributed by atoms with Gasteiger partial charge in [-0.1, -0.05) is 22.0 Å². The summed E-state index contributed by atoms with van der Waals surface area (Å²) < 4.78 is 21.3. The maximum absolute atomic E-state index is 14.1. The van der Waals surface area contributed by atoms with Crippen LogP contribution in [-0.2, 0) is 0 Å². The summed E-state index contributed by atoms with van der Waals surface area (Å²) in [5.41, 5.74) is 1.56. The zero-order chi connectivity index (χ0) is 15.4. The van der Waals surface area contributed by atoms with E-state index in [0.717, 1.165) is 20.3 Å². The zero-order valence-electron chi connectivity index (χ0n) is 11.8. The maximum atomic E-state index is 14.1. The van der Waals surface area contributed by atoms with Crippen molar-refractivity contribution in [2.45, 2.75) is 13.0 Å². The second-order valence-corrected chi connectivity index (χ2v) is 6.28. The first kappa shape index (κ1) is 16.5. The summed E-state index contributed by atoms with van der Waals surface area (Å²) in [6, 6.07) is 10.5. The number of halogens is 3. The molecule has 21 heavy (non-hydrogen) atoms. The average molecular weight is 417 g/mol. The Bertz CT molecular complexity index is 634. The number of benzene rings is 2. The second-order valence-electron chi connectivity index (χ2n) is 4.51. The predicted octanol–water partition coefficient (Wildman–Crippen LogP) is 5.06. The van der Waals surface area contributed by atoms with Crippen molar-refractivity contribution >= 4 is 31.9 Å². The largest absolute Gasteiger partial charge is 0.493 e. The lowest BCUT2D eigenvalue weighted by molar-refractivity contribution is 0.338. The molecule has 112 valence electrons. The van der Waals surface area contributed by atoms with E-state index in [1.54, 1.807) is 12.1 Å². The number of hydrogen-bond acceptors (Lipinski definition) is 2. The Labute approximate surface area is 141 Å². The number of rotatable bonds is 5. The molecular weight excluding hydrogens is 401 g/mol. The molecular formula is C16H16Br2FNO. The predicted molar refractivity (Wildman–Crippen MR) is 90.3 cm³/mol. The van der Waals surface area contributed by atoms with Crippen LogP contribution in [0.3, 0.4) is 0 Å². The van der Waals surface area contributed by atoms with Crippen LogP contribution in [-0.4, -0.2) is 13.7 Å². The van der Waals surface area contributed by atoms with Crippen LogP contribution in [0.15, 0.2) is 45.3 Å². The molecule has 0 aliphatic rings. The summed E-state index contributed by atoms with van der Waals surface area (Å²) in [7, 11) is 1.81. The van der Waals surface area contributed by atoms with Crippen molar-refractivity contribution in [3.05, 3.63) is 62.3 Å².